The topological polar surface area (TPSA) is 80.0 Å². The summed E-state index contributed by atoms with van der Waals surface area (Å²) in [5, 5.41) is 11.8. The van der Waals surface area contributed by atoms with E-state index in [9.17, 15) is 14.7 Å². The van der Waals surface area contributed by atoms with Gasteiger partial charge in [0.1, 0.15) is 17.9 Å². The molecule has 6 heteroatoms. The highest BCUT2D eigenvalue weighted by Gasteiger charge is 2.43. The summed E-state index contributed by atoms with van der Waals surface area (Å²) in [6.45, 7) is 16.1. The first-order chi connectivity index (χ1) is 18.9. The van der Waals surface area contributed by atoms with E-state index >= 15 is 0 Å². The largest absolute Gasteiger partial charge is 0.488 e. The van der Waals surface area contributed by atoms with Crippen molar-refractivity contribution < 1.29 is 19.1 Å². The minimum atomic E-state index is -0.640. The van der Waals surface area contributed by atoms with Crippen molar-refractivity contribution in [3.63, 3.8) is 0 Å². The Hall–Kier alpha value is -3.12. The number of likely N-dealkylation sites (tertiary alicyclic amines) is 1. The zero-order valence-electron chi connectivity index (χ0n) is 25.1. The number of aryl methyl sites for hydroxylation is 2. The monoisotopic (exact) mass is 545 g/mol. The van der Waals surface area contributed by atoms with Crippen LogP contribution in [0.4, 0.5) is 0 Å². The van der Waals surface area contributed by atoms with Crippen LogP contribution < -0.4 is 10.4 Å². The molecular weight excluding hydrogens is 502 g/mol. The maximum absolute atomic E-state index is 13.3. The number of carbonyl (C=O) groups is 1. The molecule has 0 bridgehead atoms. The van der Waals surface area contributed by atoms with Gasteiger partial charge in [0.25, 0.3) is 0 Å². The van der Waals surface area contributed by atoms with Crippen molar-refractivity contribution in [2.75, 3.05) is 13.1 Å². The van der Waals surface area contributed by atoms with Crippen molar-refractivity contribution in [1.82, 2.24) is 4.90 Å². The summed E-state index contributed by atoms with van der Waals surface area (Å²) in [7, 11) is 0. The molecule has 2 fully saturated rings. The molecule has 2 aromatic carbocycles. The van der Waals surface area contributed by atoms with Crippen LogP contribution in [-0.4, -0.2) is 34.6 Å². The molecule has 214 valence electrons. The van der Waals surface area contributed by atoms with Gasteiger partial charge in [-0.25, -0.2) is 4.79 Å². The third-order valence-electron chi connectivity index (χ3n) is 10.3. The molecular formula is C34H43NO5. The molecule has 2 aliphatic rings. The van der Waals surface area contributed by atoms with Crippen LogP contribution >= 0.6 is 0 Å². The predicted molar refractivity (Wildman–Crippen MR) is 158 cm³/mol. The van der Waals surface area contributed by atoms with Gasteiger partial charge in [-0.15, -0.1) is 0 Å². The predicted octanol–water partition coefficient (Wildman–Crippen LogP) is 6.23. The van der Waals surface area contributed by atoms with Crippen molar-refractivity contribution in [2.45, 2.75) is 99.2 Å². The fraction of sp³-hybridized carbons (Fsp3) is 0.529. The average molecular weight is 546 g/mol. The van der Waals surface area contributed by atoms with E-state index in [0.717, 1.165) is 42.2 Å². The van der Waals surface area contributed by atoms with E-state index in [-0.39, 0.29) is 18.2 Å². The Balaban J connectivity index is 1.37. The van der Waals surface area contributed by atoms with Crippen LogP contribution in [-0.2, 0) is 17.8 Å². The van der Waals surface area contributed by atoms with Gasteiger partial charge in [-0.1, -0.05) is 12.8 Å². The van der Waals surface area contributed by atoms with Gasteiger partial charge in [0, 0.05) is 30.0 Å². The first-order valence-electron chi connectivity index (χ1n) is 14.7. The number of aliphatic hydroxyl groups is 1. The van der Waals surface area contributed by atoms with Gasteiger partial charge in [0.05, 0.1) is 17.6 Å². The minimum Gasteiger partial charge on any atom is -0.488 e. The lowest BCUT2D eigenvalue weighted by Gasteiger charge is -2.47. The van der Waals surface area contributed by atoms with E-state index in [4.69, 9.17) is 9.15 Å². The number of benzene rings is 2. The van der Waals surface area contributed by atoms with E-state index in [1.807, 2.05) is 30.9 Å². The Morgan fingerprint density at radius 2 is 1.60 bits per heavy atom. The van der Waals surface area contributed by atoms with E-state index in [2.05, 4.69) is 34.6 Å². The first kappa shape index (κ1) is 28.4. The number of fused-ring (bicyclic) bond motifs is 2. The highest BCUT2D eigenvalue weighted by Crippen LogP contribution is 2.40. The fourth-order valence-electron chi connectivity index (χ4n) is 6.94. The van der Waals surface area contributed by atoms with Crippen molar-refractivity contribution >= 4 is 16.9 Å². The molecule has 3 aromatic rings. The molecule has 2 heterocycles. The second-order valence-corrected chi connectivity index (χ2v) is 12.3. The van der Waals surface area contributed by atoms with Crippen molar-refractivity contribution in [3.05, 3.63) is 72.6 Å². The number of piperidine rings is 1. The molecule has 0 spiro atoms. The molecule has 1 saturated carbocycles. The van der Waals surface area contributed by atoms with E-state index in [0.29, 0.717) is 43.0 Å². The van der Waals surface area contributed by atoms with Gasteiger partial charge in [-0.3, -0.25) is 4.79 Å². The van der Waals surface area contributed by atoms with Gasteiger partial charge in [0.2, 0.25) is 5.91 Å². The first-order valence-corrected chi connectivity index (χ1v) is 14.7. The molecule has 1 amide bonds. The lowest BCUT2D eigenvalue weighted by Crippen LogP contribution is -2.55. The summed E-state index contributed by atoms with van der Waals surface area (Å²) in [5.74, 6) is 0.727. The Kier molecular flexibility index (Phi) is 7.60. The molecule has 6 nitrogen and oxygen atoms in total. The molecule has 1 N–H and O–H groups in total. The molecule has 1 aliphatic carbocycles. The van der Waals surface area contributed by atoms with Crippen LogP contribution in [0.15, 0.2) is 21.3 Å². The van der Waals surface area contributed by atoms with Crippen LogP contribution in [0, 0.1) is 54.4 Å². The number of rotatable bonds is 5. The normalized spacial score (nSPS) is 21.0. The number of amides is 1. The summed E-state index contributed by atoms with van der Waals surface area (Å²) in [6, 6.07) is 3.86. The third kappa shape index (κ3) is 4.85. The molecule has 1 aliphatic heterocycles. The summed E-state index contributed by atoms with van der Waals surface area (Å²) in [6.07, 6.45) is 4.53. The van der Waals surface area contributed by atoms with Gasteiger partial charge >= 0.3 is 5.63 Å². The van der Waals surface area contributed by atoms with Crippen LogP contribution in [0.3, 0.4) is 0 Å². The molecule has 40 heavy (non-hydrogen) atoms. The zero-order chi connectivity index (χ0) is 28.9. The van der Waals surface area contributed by atoms with Gasteiger partial charge < -0.3 is 19.2 Å². The van der Waals surface area contributed by atoms with Gasteiger partial charge in [-0.2, -0.15) is 0 Å². The number of ether oxygens (including phenoxy) is 1. The highest BCUT2D eigenvalue weighted by atomic mass is 16.5. The lowest BCUT2D eigenvalue weighted by molar-refractivity contribution is -0.142. The molecule has 2 unspecified atom stereocenters. The third-order valence-corrected chi connectivity index (χ3v) is 10.3. The van der Waals surface area contributed by atoms with E-state index in [1.165, 1.54) is 33.4 Å². The zero-order valence-corrected chi connectivity index (χ0v) is 25.1. The molecule has 1 aromatic heterocycles. The molecule has 5 rings (SSSR count). The molecule has 0 radical (unpaired) electrons. The number of carbonyl (C=O) groups excluding carboxylic acids is 1. The van der Waals surface area contributed by atoms with Crippen molar-refractivity contribution in [2.24, 2.45) is 5.92 Å². The number of hydrogen-bond donors (Lipinski definition) is 1. The minimum absolute atomic E-state index is 0.0111. The SMILES string of the molecule is Cc1c(C)c(C)c(COc2ccc3c(C)c(CC(=O)N4CCC5(O)CCCCC5C4)c(=O)oc3c2C)c(C)c1C. The summed E-state index contributed by atoms with van der Waals surface area (Å²) < 4.78 is 12.1. The van der Waals surface area contributed by atoms with Crippen molar-refractivity contribution in [1.29, 1.82) is 0 Å². The maximum Gasteiger partial charge on any atom is 0.340 e. The van der Waals surface area contributed by atoms with Gasteiger partial charge in [0.15, 0.2) is 0 Å². The van der Waals surface area contributed by atoms with Crippen LogP contribution in [0.25, 0.3) is 11.0 Å². The smallest absolute Gasteiger partial charge is 0.340 e. The molecule has 1 saturated heterocycles. The Labute approximate surface area is 237 Å². The quantitative estimate of drug-likeness (QED) is 0.385. The fourth-order valence-corrected chi connectivity index (χ4v) is 6.94. The maximum atomic E-state index is 13.3. The summed E-state index contributed by atoms with van der Waals surface area (Å²) >= 11 is 0. The molecule has 2 atom stereocenters. The second kappa shape index (κ2) is 10.7. The van der Waals surface area contributed by atoms with E-state index in [1.54, 1.807) is 0 Å². The standard InChI is InChI=1S/C34H43NO5/c1-19-20(2)22(4)29(23(5)21(19)3)18-39-30-12-11-27-24(6)28(33(37)40-32(27)25(30)7)16-31(36)35-15-14-34(38)13-9-8-10-26(34)17-35/h11-12,26,38H,8-10,13-18H2,1-7H3. The summed E-state index contributed by atoms with van der Waals surface area (Å²) in [4.78, 5) is 28.3. The summed E-state index contributed by atoms with van der Waals surface area (Å²) in [5.41, 5.74) is 8.95. The Morgan fingerprint density at radius 3 is 2.30 bits per heavy atom. The lowest BCUT2D eigenvalue weighted by atomic mass is 9.71. The van der Waals surface area contributed by atoms with Crippen molar-refractivity contribution in [3.8, 4) is 5.75 Å². The van der Waals surface area contributed by atoms with Crippen LogP contribution in [0.1, 0.15) is 82.2 Å². The van der Waals surface area contributed by atoms with Crippen LogP contribution in [0.2, 0.25) is 0 Å². The van der Waals surface area contributed by atoms with Crippen LogP contribution in [0.5, 0.6) is 5.75 Å². The number of nitrogens with zero attached hydrogens (tertiary/aromatic N) is 1. The highest BCUT2D eigenvalue weighted by molar-refractivity contribution is 5.87. The Bertz CT molecular complexity index is 1520. The van der Waals surface area contributed by atoms with E-state index < -0.39 is 11.2 Å². The van der Waals surface area contributed by atoms with Gasteiger partial charge in [-0.05, 0) is 119 Å². The average Bonchev–Trinajstić information content (AvgIpc) is 2.93. The Morgan fingerprint density at radius 1 is 0.925 bits per heavy atom. The number of hydrogen-bond acceptors (Lipinski definition) is 5. The second-order valence-electron chi connectivity index (χ2n) is 12.3.